The van der Waals surface area contributed by atoms with Gasteiger partial charge in [-0.3, -0.25) is 14.5 Å². The molecule has 3 rings (SSSR count). The highest BCUT2D eigenvalue weighted by molar-refractivity contribution is 6.21. The second-order valence-electron chi connectivity index (χ2n) is 5.65. The van der Waals surface area contributed by atoms with E-state index in [2.05, 4.69) is 31.3 Å². The Morgan fingerprint density at radius 1 is 1.00 bits per heavy atom. The summed E-state index contributed by atoms with van der Waals surface area (Å²) in [7, 11) is 1.51. The Kier molecular flexibility index (Phi) is 3.45. The first kappa shape index (κ1) is 14.3. The third-order valence-corrected chi connectivity index (χ3v) is 4.13. The van der Waals surface area contributed by atoms with Gasteiger partial charge in [-0.2, -0.15) is 0 Å². The summed E-state index contributed by atoms with van der Waals surface area (Å²) in [5, 5.41) is 3.40. The van der Waals surface area contributed by atoms with Crippen molar-refractivity contribution in [2.45, 2.75) is 19.9 Å². The van der Waals surface area contributed by atoms with Crippen LogP contribution in [0.5, 0.6) is 0 Å². The second-order valence-corrected chi connectivity index (χ2v) is 5.65. The lowest BCUT2D eigenvalue weighted by molar-refractivity contribution is 0.0693. The van der Waals surface area contributed by atoms with E-state index in [1.165, 1.54) is 18.2 Å². The Balaban J connectivity index is 1.88. The molecule has 4 heteroatoms. The van der Waals surface area contributed by atoms with E-state index in [0.717, 1.165) is 10.6 Å². The summed E-state index contributed by atoms with van der Waals surface area (Å²) in [4.78, 5) is 25.1. The third-order valence-electron chi connectivity index (χ3n) is 4.13. The molecule has 0 spiro atoms. The van der Waals surface area contributed by atoms with E-state index in [1.54, 1.807) is 12.1 Å². The van der Waals surface area contributed by atoms with Crippen LogP contribution in [0.3, 0.4) is 0 Å². The Morgan fingerprint density at radius 2 is 1.68 bits per heavy atom. The molecule has 0 bridgehead atoms. The molecule has 1 unspecified atom stereocenters. The van der Waals surface area contributed by atoms with Crippen LogP contribution in [-0.2, 0) is 0 Å². The van der Waals surface area contributed by atoms with Gasteiger partial charge >= 0.3 is 0 Å². The van der Waals surface area contributed by atoms with Gasteiger partial charge in [0.05, 0.1) is 11.1 Å². The SMILES string of the molecule is Cc1ccccc1C(C)Nc1ccc2c(c1)C(=O)N(C)C2=O. The highest BCUT2D eigenvalue weighted by atomic mass is 16.2. The van der Waals surface area contributed by atoms with Crippen LogP contribution in [0.2, 0.25) is 0 Å². The van der Waals surface area contributed by atoms with E-state index in [1.807, 2.05) is 18.2 Å². The van der Waals surface area contributed by atoms with E-state index >= 15 is 0 Å². The molecular weight excluding hydrogens is 276 g/mol. The number of hydrogen-bond donors (Lipinski definition) is 1. The Bertz CT molecular complexity index is 767. The van der Waals surface area contributed by atoms with Crippen LogP contribution < -0.4 is 5.32 Å². The smallest absolute Gasteiger partial charge is 0.261 e. The summed E-state index contributed by atoms with van der Waals surface area (Å²) in [6.07, 6.45) is 0. The van der Waals surface area contributed by atoms with Gasteiger partial charge in [-0.05, 0) is 43.2 Å². The number of imide groups is 1. The quantitative estimate of drug-likeness (QED) is 0.883. The minimum Gasteiger partial charge on any atom is -0.378 e. The van der Waals surface area contributed by atoms with Crippen LogP contribution in [0.4, 0.5) is 5.69 Å². The predicted molar refractivity (Wildman–Crippen MR) is 86.1 cm³/mol. The molecule has 2 aromatic rings. The van der Waals surface area contributed by atoms with Crippen molar-refractivity contribution in [1.29, 1.82) is 0 Å². The maximum absolute atomic E-state index is 12.0. The summed E-state index contributed by atoms with van der Waals surface area (Å²) in [5.41, 5.74) is 4.21. The van der Waals surface area contributed by atoms with Gasteiger partial charge in [0.15, 0.2) is 0 Å². The molecule has 1 N–H and O–H groups in total. The number of carbonyl (C=O) groups is 2. The fourth-order valence-electron chi connectivity index (χ4n) is 2.85. The number of rotatable bonds is 3. The van der Waals surface area contributed by atoms with Gasteiger partial charge < -0.3 is 5.32 Å². The highest BCUT2D eigenvalue weighted by Gasteiger charge is 2.32. The van der Waals surface area contributed by atoms with Gasteiger partial charge in [0.1, 0.15) is 0 Å². The molecule has 0 aromatic heterocycles. The topological polar surface area (TPSA) is 49.4 Å². The maximum atomic E-state index is 12.0. The summed E-state index contributed by atoms with van der Waals surface area (Å²) < 4.78 is 0. The molecule has 1 atom stereocenters. The van der Waals surface area contributed by atoms with Crippen LogP contribution >= 0.6 is 0 Å². The Labute approximate surface area is 129 Å². The number of nitrogens with zero attached hydrogens (tertiary/aromatic N) is 1. The largest absolute Gasteiger partial charge is 0.378 e. The van der Waals surface area contributed by atoms with Crippen LogP contribution in [0, 0.1) is 6.92 Å². The normalized spacial score (nSPS) is 15.0. The van der Waals surface area contributed by atoms with E-state index in [-0.39, 0.29) is 17.9 Å². The van der Waals surface area contributed by atoms with Gasteiger partial charge in [-0.1, -0.05) is 24.3 Å². The van der Waals surface area contributed by atoms with Crippen molar-refractivity contribution >= 4 is 17.5 Å². The maximum Gasteiger partial charge on any atom is 0.261 e. The number of benzene rings is 2. The van der Waals surface area contributed by atoms with Crippen molar-refractivity contribution in [3.8, 4) is 0 Å². The van der Waals surface area contributed by atoms with Crippen LogP contribution in [-0.4, -0.2) is 23.8 Å². The zero-order valence-electron chi connectivity index (χ0n) is 12.9. The minimum absolute atomic E-state index is 0.115. The van der Waals surface area contributed by atoms with Crippen LogP contribution in [0.25, 0.3) is 0 Å². The van der Waals surface area contributed by atoms with E-state index < -0.39 is 0 Å². The number of hydrogen-bond acceptors (Lipinski definition) is 3. The summed E-state index contributed by atoms with van der Waals surface area (Å²) in [5.74, 6) is -0.481. The molecule has 0 aliphatic carbocycles. The van der Waals surface area contributed by atoms with Gasteiger partial charge in [0.2, 0.25) is 0 Å². The van der Waals surface area contributed by atoms with Crippen LogP contribution in [0.15, 0.2) is 42.5 Å². The molecule has 1 aliphatic heterocycles. The standard InChI is InChI=1S/C18H18N2O2/c1-11-6-4-5-7-14(11)12(2)19-13-8-9-15-16(10-13)18(22)20(3)17(15)21/h4-10,12,19H,1-3H3. The average molecular weight is 294 g/mol. The molecule has 0 fully saturated rings. The summed E-state index contributed by atoms with van der Waals surface area (Å²) in [6.45, 7) is 4.15. The van der Waals surface area contributed by atoms with Crippen molar-refractivity contribution in [3.63, 3.8) is 0 Å². The van der Waals surface area contributed by atoms with Crippen LogP contribution in [0.1, 0.15) is 44.8 Å². The zero-order chi connectivity index (χ0) is 15.9. The van der Waals surface area contributed by atoms with Gasteiger partial charge in [-0.15, -0.1) is 0 Å². The molecular formula is C18H18N2O2. The zero-order valence-corrected chi connectivity index (χ0v) is 12.9. The van der Waals surface area contributed by atoms with Crippen molar-refractivity contribution in [2.24, 2.45) is 0 Å². The van der Waals surface area contributed by atoms with E-state index in [0.29, 0.717) is 11.1 Å². The molecule has 1 aliphatic rings. The molecule has 0 saturated heterocycles. The molecule has 0 saturated carbocycles. The molecule has 22 heavy (non-hydrogen) atoms. The fourth-order valence-corrected chi connectivity index (χ4v) is 2.85. The van der Waals surface area contributed by atoms with E-state index in [4.69, 9.17) is 0 Å². The second kappa shape index (κ2) is 5.30. The van der Waals surface area contributed by atoms with Gasteiger partial charge in [0.25, 0.3) is 11.8 Å². The molecule has 4 nitrogen and oxygen atoms in total. The lowest BCUT2D eigenvalue weighted by Gasteiger charge is -2.18. The predicted octanol–water partition coefficient (Wildman–Crippen LogP) is 3.39. The van der Waals surface area contributed by atoms with Crippen molar-refractivity contribution < 1.29 is 9.59 Å². The van der Waals surface area contributed by atoms with Crippen molar-refractivity contribution in [3.05, 3.63) is 64.7 Å². The fraction of sp³-hybridized carbons (Fsp3) is 0.222. The summed E-state index contributed by atoms with van der Waals surface area (Å²) in [6, 6.07) is 13.6. The first-order valence-electron chi connectivity index (χ1n) is 7.27. The third kappa shape index (κ3) is 2.26. The lowest BCUT2D eigenvalue weighted by Crippen LogP contribution is -2.24. The summed E-state index contributed by atoms with van der Waals surface area (Å²) >= 11 is 0. The monoisotopic (exact) mass is 294 g/mol. The van der Waals surface area contributed by atoms with Crippen molar-refractivity contribution in [2.75, 3.05) is 12.4 Å². The first-order valence-corrected chi connectivity index (χ1v) is 7.27. The molecule has 2 aromatic carbocycles. The Hall–Kier alpha value is -2.62. The average Bonchev–Trinajstić information content (AvgIpc) is 2.72. The molecule has 0 radical (unpaired) electrons. The number of fused-ring (bicyclic) bond motifs is 1. The number of amides is 2. The first-order chi connectivity index (χ1) is 10.5. The van der Waals surface area contributed by atoms with Gasteiger partial charge in [-0.25, -0.2) is 0 Å². The minimum atomic E-state index is -0.243. The van der Waals surface area contributed by atoms with Crippen molar-refractivity contribution in [1.82, 2.24) is 4.90 Å². The number of nitrogens with one attached hydrogen (secondary N) is 1. The lowest BCUT2D eigenvalue weighted by atomic mass is 10.0. The number of anilines is 1. The van der Waals surface area contributed by atoms with Gasteiger partial charge in [0, 0.05) is 18.8 Å². The Morgan fingerprint density at radius 3 is 2.41 bits per heavy atom. The van der Waals surface area contributed by atoms with E-state index in [9.17, 15) is 9.59 Å². The highest BCUT2D eigenvalue weighted by Crippen LogP contribution is 2.27. The molecule has 2 amide bonds. The number of carbonyl (C=O) groups excluding carboxylic acids is 2. The molecule has 1 heterocycles. The number of aryl methyl sites for hydroxylation is 1. The molecule has 112 valence electrons.